The van der Waals surface area contributed by atoms with E-state index in [1.807, 2.05) is 0 Å². The predicted octanol–water partition coefficient (Wildman–Crippen LogP) is 4.04. The van der Waals surface area contributed by atoms with E-state index >= 15 is 0 Å². The molecule has 0 spiro atoms. The first kappa shape index (κ1) is 10.8. The van der Waals surface area contributed by atoms with E-state index in [2.05, 4.69) is 53.2 Å². The Morgan fingerprint density at radius 3 is 2.46 bits per heavy atom. The molecule has 0 aliphatic rings. The molecule has 1 rings (SSSR count). The second kappa shape index (κ2) is 6.20. The number of rotatable bonds is 5. The average Bonchev–Trinajstić information content (AvgIpc) is 2.19. The van der Waals surface area contributed by atoms with Crippen molar-refractivity contribution in [3.8, 4) is 0 Å². The lowest BCUT2D eigenvalue weighted by Crippen LogP contribution is -2.03. The van der Waals surface area contributed by atoms with Gasteiger partial charge in [-0.15, -0.1) is 0 Å². The molecule has 13 heavy (non-hydrogen) atoms. The molecule has 0 aromatic heterocycles. The normalized spacial score (nSPS) is 12.8. The van der Waals surface area contributed by atoms with Crippen molar-refractivity contribution in [1.82, 2.24) is 0 Å². The summed E-state index contributed by atoms with van der Waals surface area (Å²) >= 11 is 3.50. The minimum absolute atomic E-state index is 0.835. The van der Waals surface area contributed by atoms with E-state index in [1.54, 1.807) is 0 Å². The minimum Gasteiger partial charge on any atom is -0.0928 e. The van der Waals surface area contributed by atoms with Gasteiger partial charge in [0.25, 0.3) is 0 Å². The number of alkyl halides is 1. The molecule has 0 aliphatic carbocycles. The molecule has 1 unspecified atom stereocenters. The zero-order chi connectivity index (χ0) is 9.52. The van der Waals surface area contributed by atoms with Crippen LogP contribution in [0.3, 0.4) is 0 Å². The lowest BCUT2D eigenvalue weighted by Gasteiger charge is -2.12. The van der Waals surface area contributed by atoms with Crippen LogP contribution in [0.2, 0.25) is 0 Å². The number of hydrogen-bond donors (Lipinski definition) is 0. The van der Waals surface area contributed by atoms with Crippen LogP contribution in [0.15, 0.2) is 30.3 Å². The van der Waals surface area contributed by atoms with Crippen LogP contribution in [-0.4, -0.2) is 5.33 Å². The fourth-order valence-electron chi connectivity index (χ4n) is 1.55. The van der Waals surface area contributed by atoms with Gasteiger partial charge in [-0.2, -0.15) is 0 Å². The lowest BCUT2D eigenvalue weighted by molar-refractivity contribution is 0.496. The largest absolute Gasteiger partial charge is 0.0928 e. The van der Waals surface area contributed by atoms with Gasteiger partial charge < -0.3 is 0 Å². The molecule has 0 saturated heterocycles. The average molecular weight is 241 g/mol. The number of hydrogen-bond acceptors (Lipinski definition) is 0. The van der Waals surface area contributed by atoms with Crippen molar-refractivity contribution in [2.75, 3.05) is 5.33 Å². The fraction of sp³-hybridized carbons (Fsp3) is 0.500. The van der Waals surface area contributed by atoms with Gasteiger partial charge in [-0.25, -0.2) is 0 Å². The summed E-state index contributed by atoms with van der Waals surface area (Å²) < 4.78 is 0. The quantitative estimate of drug-likeness (QED) is 0.682. The van der Waals surface area contributed by atoms with Crippen molar-refractivity contribution < 1.29 is 0 Å². The third-order valence-corrected chi connectivity index (χ3v) is 2.92. The van der Waals surface area contributed by atoms with Crippen LogP contribution in [0.25, 0.3) is 0 Å². The van der Waals surface area contributed by atoms with Gasteiger partial charge in [-0.05, 0) is 24.3 Å². The zero-order valence-electron chi connectivity index (χ0n) is 8.17. The van der Waals surface area contributed by atoms with Crippen LogP contribution in [-0.2, 0) is 6.42 Å². The van der Waals surface area contributed by atoms with Crippen LogP contribution in [0.1, 0.15) is 25.3 Å². The third-order valence-electron chi connectivity index (χ3n) is 2.46. The summed E-state index contributed by atoms with van der Waals surface area (Å²) in [4.78, 5) is 0. The van der Waals surface area contributed by atoms with Crippen LogP contribution < -0.4 is 0 Å². The summed E-state index contributed by atoms with van der Waals surface area (Å²) in [6.45, 7) is 2.27. The monoisotopic (exact) mass is 240 g/mol. The summed E-state index contributed by atoms with van der Waals surface area (Å²) in [7, 11) is 0. The SMILES string of the molecule is CCC(CCBr)Cc1ccccc1. The van der Waals surface area contributed by atoms with E-state index in [1.165, 1.54) is 24.8 Å². The molecule has 0 fully saturated rings. The van der Waals surface area contributed by atoms with Gasteiger partial charge in [0.05, 0.1) is 0 Å². The maximum atomic E-state index is 3.50. The molecule has 0 radical (unpaired) electrons. The van der Waals surface area contributed by atoms with Gasteiger partial charge in [0.15, 0.2) is 0 Å². The van der Waals surface area contributed by atoms with E-state index in [-0.39, 0.29) is 0 Å². The van der Waals surface area contributed by atoms with Crippen LogP contribution >= 0.6 is 15.9 Å². The van der Waals surface area contributed by atoms with Gasteiger partial charge in [-0.1, -0.05) is 59.6 Å². The summed E-state index contributed by atoms with van der Waals surface area (Å²) in [6.07, 6.45) is 3.79. The van der Waals surface area contributed by atoms with Crippen LogP contribution in [0.5, 0.6) is 0 Å². The molecule has 0 aliphatic heterocycles. The molecule has 72 valence electrons. The first-order valence-electron chi connectivity index (χ1n) is 4.96. The molecule has 1 atom stereocenters. The Labute approximate surface area is 89.5 Å². The first-order chi connectivity index (χ1) is 6.36. The second-order valence-corrected chi connectivity index (χ2v) is 4.23. The second-order valence-electron chi connectivity index (χ2n) is 3.44. The first-order valence-corrected chi connectivity index (χ1v) is 6.08. The third kappa shape index (κ3) is 3.95. The Balaban J connectivity index is 2.46. The Kier molecular flexibility index (Phi) is 5.14. The number of benzene rings is 1. The van der Waals surface area contributed by atoms with Crippen molar-refractivity contribution in [3.63, 3.8) is 0 Å². The Bertz CT molecular complexity index is 218. The highest BCUT2D eigenvalue weighted by molar-refractivity contribution is 9.09. The van der Waals surface area contributed by atoms with Gasteiger partial charge in [0.2, 0.25) is 0 Å². The smallest absolute Gasteiger partial charge is 0.00340 e. The van der Waals surface area contributed by atoms with Gasteiger partial charge in [0.1, 0.15) is 0 Å². The van der Waals surface area contributed by atoms with Gasteiger partial charge >= 0.3 is 0 Å². The molecule has 1 heteroatoms. The van der Waals surface area contributed by atoms with Crippen molar-refractivity contribution >= 4 is 15.9 Å². The lowest BCUT2D eigenvalue weighted by atomic mass is 9.95. The Morgan fingerprint density at radius 1 is 1.23 bits per heavy atom. The Morgan fingerprint density at radius 2 is 1.92 bits per heavy atom. The molecular formula is C12H17Br. The van der Waals surface area contributed by atoms with Crippen molar-refractivity contribution in [2.45, 2.75) is 26.2 Å². The summed E-state index contributed by atoms with van der Waals surface area (Å²) in [6, 6.07) is 10.8. The van der Waals surface area contributed by atoms with E-state index in [0.29, 0.717) is 0 Å². The summed E-state index contributed by atoms with van der Waals surface area (Å²) in [5.41, 5.74) is 1.47. The minimum atomic E-state index is 0.835. The highest BCUT2D eigenvalue weighted by Crippen LogP contribution is 2.16. The van der Waals surface area contributed by atoms with Gasteiger partial charge in [-0.3, -0.25) is 0 Å². The maximum absolute atomic E-state index is 3.50. The molecular weight excluding hydrogens is 224 g/mol. The highest BCUT2D eigenvalue weighted by Gasteiger charge is 2.05. The standard InChI is InChI=1S/C12H17Br/c1-2-11(8-9-13)10-12-6-4-3-5-7-12/h3-7,11H,2,8-10H2,1H3. The fourth-order valence-corrected chi connectivity index (χ4v) is 2.20. The molecule has 0 heterocycles. The van der Waals surface area contributed by atoms with Gasteiger partial charge in [0, 0.05) is 5.33 Å². The van der Waals surface area contributed by atoms with Crippen LogP contribution in [0, 0.1) is 5.92 Å². The van der Waals surface area contributed by atoms with E-state index in [0.717, 1.165) is 11.2 Å². The molecule has 0 amide bonds. The van der Waals surface area contributed by atoms with Crippen LogP contribution in [0.4, 0.5) is 0 Å². The zero-order valence-corrected chi connectivity index (χ0v) is 9.76. The molecule has 0 bridgehead atoms. The maximum Gasteiger partial charge on any atom is 0.00340 e. The van der Waals surface area contributed by atoms with E-state index in [4.69, 9.17) is 0 Å². The highest BCUT2D eigenvalue weighted by atomic mass is 79.9. The van der Waals surface area contributed by atoms with Crippen molar-refractivity contribution in [3.05, 3.63) is 35.9 Å². The Hall–Kier alpha value is -0.300. The predicted molar refractivity (Wildman–Crippen MR) is 62.3 cm³/mol. The van der Waals surface area contributed by atoms with E-state index < -0.39 is 0 Å². The van der Waals surface area contributed by atoms with E-state index in [9.17, 15) is 0 Å². The number of halogens is 1. The molecule has 0 N–H and O–H groups in total. The molecule has 0 saturated carbocycles. The molecule has 1 aromatic rings. The van der Waals surface area contributed by atoms with Crippen molar-refractivity contribution in [1.29, 1.82) is 0 Å². The molecule has 1 aromatic carbocycles. The summed E-state index contributed by atoms with van der Waals surface area (Å²) in [5.74, 6) is 0.835. The molecule has 0 nitrogen and oxygen atoms in total. The summed E-state index contributed by atoms with van der Waals surface area (Å²) in [5, 5.41) is 1.12. The van der Waals surface area contributed by atoms with Crippen molar-refractivity contribution in [2.24, 2.45) is 5.92 Å². The topological polar surface area (TPSA) is 0 Å².